The van der Waals surface area contributed by atoms with Gasteiger partial charge in [0.05, 0.1) is 30.0 Å². The van der Waals surface area contributed by atoms with Gasteiger partial charge >= 0.3 is 0 Å². The summed E-state index contributed by atoms with van der Waals surface area (Å²) in [5.41, 5.74) is 2.38. The molecule has 27 heavy (non-hydrogen) atoms. The topological polar surface area (TPSA) is 65.4 Å². The average molecular weight is 430 g/mol. The van der Waals surface area contributed by atoms with Gasteiger partial charge in [0.15, 0.2) is 11.5 Å². The molecule has 0 aliphatic heterocycles. The minimum Gasteiger partial charge on any atom is -0.493 e. The van der Waals surface area contributed by atoms with Crippen LogP contribution in [0.3, 0.4) is 0 Å². The Morgan fingerprint density at radius 3 is 2.67 bits per heavy atom. The zero-order valence-electron chi connectivity index (χ0n) is 15.1. The van der Waals surface area contributed by atoms with Gasteiger partial charge in [-0.05, 0) is 45.8 Å². The highest BCUT2D eigenvalue weighted by molar-refractivity contribution is 9.10. The molecule has 0 radical (unpaired) electrons. The minimum absolute atomic E-state index is 0.151. The van der Waals surface area contributed by atoms with E-state index >= 15 is 0 Å². The van der Waals surface area contributed by atoms with Crippen molar-refractivity contribution in [1.82, 2.24) is 15.1 Å². The van der Waals surface area contributed by atoms with Gasteiger partial charge in [-0.15, -0.1) is 0 Å². The molecule has 1 N–H and O–H groups in total. The second-order valence-electron chi connectivity index (χ2n) is 5.89. The zero-order chi connectivity index (χ0) is 19.2. The van der Waals surface area contributed by atoms with E-state index in [2.05, 4.69) is 26.3 Å². The molecule has 0 unspecified atom stereocenters. The molecule has 0 aliphatic rings. The van der Waals surface area contributed by atoms with E-state index in [0.717, 1.165) is 15.7 Å². The van der Waals surface area contributed by atoms with Crippen LogP contribution in [0.5, 0.6) is 11.5 Å². The Balaban J connectivity index is 1.63. The number of carbonyl (C=O) groups is 1. The molecule has 0 bridgehead atoms. The fourth-order valence-corrected chi connectivity index (χ4v) is 3.09. The van der Waals surface area contributed by atoms with Crippen LogP contribution in [0.2, 0.25) is 0 Å². The van der Waals surface area contributed by atoms with Gasteiger partial charge in [-0.1, -0.05) is 24.3 Å². The predicted molar refractivity (Wildman–Crippen MR) is 106 cm³/mol. The summed E-state index contributed by atoms with van der Waals surface area (Å²) in [4.78, 5) is 12.5. The van der Waals surface area contributed by atoms with E-state index in [-0.39, 0.29) is 5.91 Å². The highest BCUT2D eigenvalue weighted by atomic mass is 79.9. The monoisotopic (exact) mass is 429 g/mol. The fraction of sp³-hybridized carbons (Fsp3) is 0.200. The number of rotatable bonds is 7. The lowest BCUT2D eigenvalue weighted by atomic mass is 10.1. The van der Waals surface area contributed by atoms with Crippen LogP contribution in [0.15, 0.2) is 59.2 Å². The maximum Gasteiger partial charge on any atom is 0.251 e. The van der Waals surface area contributed by atoms with Crippen LogP contribution >= 0.6 is 15.9 Å². The van der Waals surface area contributed by atoms with Crippen LogP contribution in [0.25, 0.3) is 0 Å². The van der Waals surface area contributed by atoms with Crippen molar-refractivity contribution in [2.24, 2.45) is 7.05 Å². The highest BCUT2D eigenvalue weighted by Gasteiger charge is 2.11. The number of aryl methyl sites for hydroxylation is 1. The van der Waals surface area contributed by atoms with Crippen molar-refractivity contribution in [3.05, 3.63) is 76.0 Å². The summed E-state index contributed by atoms with van der Waals surface area (Å²) in [6.45, 7) is 0.729. The summed E-state index contributed by atoms with van der Waals surface area (Å²) in [5, 5.41) is 7.05. The molecule has 0 aliphatic carbocycles. The van der Waals surface area contributed by atoms with E-state index in [4.69, 9.17) is 9.47 Å². The van der Waals surface area contributed by atoms with Crippen LogP contribution in [0.1, 0.15) is 21.6 Å². The third-order valence-electron chi connectivity index (χ3n) is 4.08. The number of ether oxygens (including phenoxy) is 2. The van der Waals surface area contributed by atoms with E-state index in [1.807, 2.05) is 49.5 Å². The summed E-state index contributed by atoms with van der Waals surface area (Å²) >= 11 is 3.43. The normalized spacial score (nSPS) is 10.5. The first-order chi connectivity index (χ1) is 13.1. The van der Waals surface area contributed by atoms with Crippen LogP contribution in [-0.4, -0.2) is 22.8 Å². The molecule has 2 aromatic carbocycles. The number of hydrogen-bond acceptors (Lipinski definition) is 4. The molecule has 3 aromatic rings. The molecule has 0 saturated carbocycles. The molecule has 0 spiro atoms. The zero-order valence-corrected chi connectivity index (χ0v) is 16.7. The Hall–Kier alpha value is -2.80. The molecule has 3 rings (SSSR count). The van der Waals surface area contributed by atoms with Gasteiger partial charge in [-0.3, -0.25) is 9.48 Å². The Morgan fingerprint density at radius 1 is 1.19 bits per heavy atom. The molecule has 1 aromatic heterocycles. The number of aromatic nitrogens is 2. The summed E-state index contributed by atoms with van der Waals surface area (Å²) < 4.78 is 13.7. The van der Waals surface area contributed by atoms with Crippen molar-refractivity contribution < 1.29 is 14.3 Å². The molecular weight excluding hydrogens is 410 g/mol. The summed E-state index contributed by atoms with van der Waals surface area (Å²) in [5.74, 6) is 1.19. The number of nitrogens with one attached hydrogen (secondary N) is 1. The van der Waals surface area contributed by atoms with Crippen molar-refractivity contribution in [2.45, 2.75) is 13.2 Å². The van der Waals surface area contributed by atoms with Gasteiger partial charge < -0.3 is 14.8 Å². The van der Waals surface area contributed by atoms with E-state index < -0.39 is 0 Å². The van der Waals surface area contributed by atoms with E-state index in [1.165, 1.54) is 0 Å². The Morgan fingerprint density at radius 2 is 1.96 bits per heavy atom. The smallest absolute Gasteiger partial charge is 0.251 e. The van der Waals surface area contributed by atoms with Crippen molar-refractivity contribution in [3.63, 3.8) is 0 Å². The summed E-state index contributed by atoms with van der Waals surface area (Å²) in [6.07, 6.45) is 1.71. The van der Waals surface area contributed by atoms with Crippen LogP contribution in [-0.2, 0) is 20.2 Å². The fourth-order valence-electron chi connectivity index (χ4n) is 2.60. The molecule has 140 valence electrons. The van der Waals surface area contributed by atoms with E-state index in [0.29, 0.717) is 30.2 Å². The van der Waals surface area contributed by atoms with Crippen molar-refractivity contribution in [1.29, 1.82) is 0 Å². The summed E-state index contributed by atoms with van der Waals surface area (Å²) in [7, 11) is 3.44. The van der Waals surface area contributed by atoms with Crippen molar-refractivity contribution in [3.8, 4) is 11.5 Å². The molecular formula is C20H20BrN3O3. The van der Waals surface area contributed by atoms with Gasteiger partial charge in [0, 0.05) is 12.6 Å². The van der Waals surface area contributed by atoms with Crippen molar-refractivity contribution >= 4 is 21.8 Å². The number of para-hydroxylation sites is 2. The van der Waals surface area contributed by atoms with Gasteiger partial charge in [0.1, 0.15) is 6.61 Å². The maximum absolute atomic E-state index is 12.5. The predicted octanol–water partition coefficient (Wildman–Crippen LogP) is 3.70. The van der Waals surface area contributed by atoms with Gasteiger partial charge in [-0.25, -0.2) is 0 Å². The SMILES string of the molecule is COc1ccccc1OCc1cccc(C(=O)NCc2c(Br)cnn2C)c1. The summed E-state index contributed by atoms with van der Waals surface area (Å²) in [6, 6.07) is 14.8. The number of amides is 1. The largest absolute Gasteiger partial charge is 0.493 e. The number of benzene rings is 2. The average Bonchev–Trinajstić information content (AvgIpc) is 3.02. The number of hydrogen-bond donors (Lipinski definition) is 1. The van der Waals surface area contributed by atoms with Crippen LogP contribution in [0, 0.1) is 0 Å². The standard InChI is InChI=1S/C20H20BrN3O3/c1-24-17(16(21)11-23-24)12-22-20(25)15-7-5-6-14(10-15)13-27-19-9-4-3-8-18(19)26-2/h3-11H,12-13H2,1-2H3,(H,22,25). The lowest BCUT2D eigenvalue weighted by molar-refractivity contribution is 0.0950. The second-order valence-corrected chi connectivity index (χ2v) is 6.74. The third-order valence-corrected chi connectivity index (χ3v) is 4.74. The maximum atomic E-state index is 12.5. The van der Waals surface area contributed by atoms with Crippen LogP contribution < -0.4 is 14.8 Å². The molecule has 7 heteroatoms. The molecule has 6 nitrogen and oxygen atoms in total. The first-order valence-electron chi connectivity index (χ1n) is 8.38. The number of methoxy groups -OCH3 is 1. The number of carbonyl (C=O) groups excluding carboxylic acids is 1. The first-order valence-corrected chi connectivity index (χ1v) is 9.17. The van der Waals surface area contributed by atoms with Crippen molar-refractivity contribution in [2.75, 3.05) is 7.11 Å². The third kappa shape index (κ3) is 4.68. The minimum atomic E-state index is -0.151. The Kier molecular flexibility index (Phi) is 6.13. The molecule has 1 heterocycles. The van der Waals surface area contributed by atoms with E-state index in [1.54, 1.807) is 24.1 Å². The molecule has 0 atom stereocenters. The Bertz CT molecular complexity index is 920. The molecule has 0 saturated heterocycles. The first kappa shape index (κ1) is 19.0. The van der Waals surface area contributed by atoms with Gasteiger partial charge in [-0.2, -0.15) is 5.10 Å². The van der Waals surface area contributed by atoms with Gasteiger partial charge in [0.25, 0.3) is 5.91 Å². The van der Waals surface area contributed by atoms with Gasteiger partial charge in [0.2, 0.25) is 0 Å². The van der Waals surface area contributed by atoms with Crippen LogP contribution in [0.4, 0.5) is 0 Å². The Labute approximate surface area is 166 Å². The number of halogens is 1. The second kappa shape index (κ2) is 8.73. The quantitative estimate of drug-likeness (QED) is 0.621. The lowest BCUT2D eigenvalue weighted by Gasteiger charge is -2.11. The number of nitrogens with zero attached hydrogens (tertiary/aromatic N) is 2. The molecule has 0 fully saturated rings. The highest BCUT2D eigenvalue weighted by Crippen LogP contribution is 2.26. The van der Waals surface area contributed by atoms with E-state index in [9.17, 15) is 4.79 Å². The lowest BCUT2D eigenvalue weighted by Crippen LogP contribution is -2.24. The molecule has 1 amide bonds.